The number of nitriles is 1. The van der Waals surface area contributed by atoms with Gasteiger partial charge in [0.15, 0.2) is 0 Å². The molecule has 1 saturated heterocycles. The second-order valence-electron chi connectivity index (χ2n) is 6.35. The zero-order chi connectivity index (χ0) is 16.9. The van der Waals surface area contributed by atoms with Crippen LogP contribution in [-0.4, -0.2) is 52.7 Å². The summed E-state index contributed by atoms with van der Waals surface area (Å²) >= 11 is 0. The fourth-order valence-electron chi connectivity index (χ4n) is 2.25. The van der Waals surface area contributed by atoms with E-state index < -0.39 is 5.60 Å². The Hall–Kier alpha value is -2.55. The Morgan fingerprint density at radius 3 is 2.43 bits per heavy atom. The van der Waals surface area contributed by atoms with Gasteiger partial charge in [-0.15, -0.1) is 0 Å². The highest BCUT2D eigenvalue weighted by molar-refractivity contribution is 5.68. The minimum atomic E-state index is -0.495. The average molecular weight is 314 g/mol. The first-order valence-electron chi connectivity index (χ1n) is 7.65. The first-order chi connectivity index (χ1) is 10.9. The lowest BCUT2D eigenvalue weighted by atomic mass is 10.2. The van der Waals surface area contributed by atoms with Gasteiger partial charge in [-0.1, -0.05) is 6.07 Å². The van der Waals surface area contributed by atoms with Crippen LogP contribution < -0.4 is 0 Å². The van der Waals surface area contributed by atoms with Crippen molar-refractivity contribution in [3.05, 3.63) is 35.8 Å². The Morgan fingerprint density at radius 2 is 1.91 bits per heavy atom. The summed E-state index contributed by atoms with van der Waals surface area (Å²) in [6, 6.07) is 7.79. The van der Waals surface area contributed by atoms with Gasteiger partial charge < -0.3 is 14.5 Å². The lowest BCUT2D eigenvalue weighted by Gasteiger charge is -2.36. The van der Waals surface area contributed by atoms with E-state index in [2.05, 4.69) is 11.1 Å². The molecule has 0 aliphatic carbocycles. The van der Waals surface area contributed by atoms with Crippen molar-refractivity contribution in [3.63, 3.8) is 0 Å². The molecule has 0 aromatic carbocycles. The summed E-state index contributed by atoms with van der Waals surface area (Å²) in [5.41, 5.74) is 0.816. The number of aromatic nitrogens is 1. The van der Waals surface area contributed by atoms with Crippen LogP contribution in [0.5, 0.6) is 0 Å². The van der Waals surface area contributed by atoms with Crippen molar-refractivity contribution < 1.29 is 9.53 Å². The lowest BCUT2D eigenvalue weighted by molar-refractivity contribution is 0.0172. The number of hydrogen-bond acceptors (Lipinski definition) is 5. The van der Waals surface area contributed by atoms with Crippen LogP contribution >= 0.6 is 0 Å². The molecule has 1 aromatic heterocycles. The molecule has 0 saturated carbocycles. The molecule has 0 N–H and O–H groups in total. The predicted molar refractivity (Wildman–Crippen MR) is 87.2 cm³/mol. The molecule has 1 fully saturated rings. The molecule has 0 bridgehead atoms. The number of pyridine rings is 1. The number of hydrogen-bond donors (Lipinski definition) is 0. The van der Waals surface area contributed by atoms with E-state index in [1.165, 1.54) is 0 Å². The first-order valence-corrected chi connectivity index (χ1v) is 7.65. The Labute approximate surface area is 137 Å². The maximum Gasteiger partial charge on any atom is 0.410 e. The highest BCUT2D eigenvalue weighted by Crippen LogP contribution is 2.15. The molecule has 6 heteroatoms. The number of carbonyl (C=O) groups is 1. The summed E-state index contributed by atoms with van der Waals surface area (Å²) in [6.45, 7) is 7.84. The molecule has 1 aliphatic heterocycles. The Morgan fingerprint density at radius 1 is 1.26 bits per heavy atom. The number of rotatable bonds is 2. The van der Waals surface area contributed by atoms with Crippen LogP contribution in [0.25, 0.3) is 6.08 Å². The fraction of sp³-hybridized carbons (Fsp3) is 0.471. The molecular weight excluding hydrogens is 292 g/mol. The van der Waals surface area contributed by atoms with E-state index in [1.54, 1.807) is 17.2 Å². The van der Waals surface area contributed by atoms with Crippen molar-refractivity contribution >= 4 is 12.2 Å². The van der Waals surface area contributed by atoms with Crippen molar-refractivity contribution in [2.45, 2.75) is 26.4 Å². The Kier molecular flexibility index (Phi) is 5.22. The van der Waals surface area contributed by atoms with Crippen LogP contribution in [0.1, 0.15) is 26.5 Å². The number of amides is 1. The average Bonchev–Trinajstić information content (AvgIpc) is 2.52. The molecule has 6 nitrogen and oxygen atoms in total. The summed E-state index contributed by atoms with van der Waals surface area (Å²) in [7, 11) is 0. The molecular formula is C17H22N4O2. The number of carbonyl (C=O) groups excluding carboxylic acids is 1. The molecule has 23 heavy (non-hydrogen) atoms. The first kappa shape index (κ1) is 16.8. The van der Waals surface area contributed by atoms with Crippen LogP contribution in [0.15, 0.2) is 30.1 Å². The Bertz CT molecular complexity index is 606. The number of ether oxygens (including phenoxy) is 1. The quantitative estimate of drug-likeness (QED) is 0.784. The van der Waals surface area contributed by atoms with Crippen LogP contribution in [0, 0.1) is 11.3 Å². The van der Waals surface area contributed by atoms with Gasteiger partial charge in [0, 0.05) is 32.4 Å². The molecule has 2 rings (SSSR count). The topological polar surface area (TPSA) is 69.5 Å². The minimum Gasteiger partial charge on any atom is -0.444 e. The molecule has 0 atom stereocenters. The molecule has 1 aliphatic rings. The smallest absolute Gasteiger partial charge is 0.410 e. The zero-order valence-electron chi connectivity index (χ0n) is 13.8. The van der Waals surface area contributed by atoms with Crippen LogP contribution in [0.4, 0.5) is 4.79 Å². The van der Waals surface area contributed by atoms with Gasteiger partial charge in [-0.25, -0.2) is 4.79 Å². The maximum atomic E-state index is 12.0. The van der Waals surface area contributed by atoms with Crippen LogP contribution in [0.3, 0.4) is 0 Å². The maximum absolute atomic E-state index is 12.0. The van der Waals surface area contributed by atoms with E-state index in [1.807, 2.05) is 43.9 Å². The molecule has 122 valence electrons. The van der Waals surface area contributed by atoms with Gasteiger partial charge in [0.25, 0.3) is 0 Å². The SMILES string of the molecule is CC(C)(C)OC(=O)N1CCN(C(C#N)=Cc2ccccn2)CC1. The van der Waals surface area contributed by atoms with Gasteiger partial charge in [0.1, 0.15) is 17.4 Å². The second-order valence-corrected chi connectivity index (χ2v) is 6.35. The van der Waals surface area contributed by atoms with E-state index in [0.29, 0.717) is 31.9 Å². The summed E-state index contributed by atoms with van der Waals surface area (Å²) < 4.78 is 5.37. The van der Waals surface area contributed by atoms with Gasteiger partial charge in [0.2, 0.25) is 0 Å². The molecule has 1 amide bonds. The third-order valence-corrected chi connectivity index (χ3v) is 3.36. The molecule has 0 spiro atoms. The monoisotopic (exact) mass is 314 g/mol. The number of nitrogens with zero attached hydrogens (tertiary/aromatic N) is 4. The molecule has 1 aromatic rings. The van der Waals surface area contributed by atoms with Crippen molar-refractivity contribution in [1.82, 2.24) is 14.8 Å². The van der Waals surface area contributed by atoms with Crippen LogP contribution in [-0.2, 0) is 4.74 Å². The van der Waals surface area contributed by atoms with E-state index >= 15 is 0 Å². The largest absolute Gasteiger partial charge is 0.444 e. The van der Waals surface area contributed by atoms with E-state index in [4.69, 9.17) is 4.74 Å². The van der Waals surface area contributed by atoms with E-state index in [0.717, 1.165) is 5.69 Å². The fourth-order valence-corrected chi connectivity index (χ4v) is 2.25. The van der Waals surface area contributed by atoms with Crippen molar-refractivity contribution in [2.75, 3.05) is 26.2 Å². The van der Waals surface area contributed by atoms with E-state index in [9.17, 15) is 10.1 Å². The van der Waals surface area contributed by atoms with Gasteiger partial charge in [-0.05, 0) is 39.0 Å². The zero-order valence-corrected chi connectivity index (χ0v) is 13.8. The summed E-state index contributed by atoms with van der Waals surface area (Å²) in [6.07, 6.45) is 3.16. The minimum absolute atomic E-state index is 0.302. The lowest BCUT2D eigenvalue weighted by Crippen LogP contribution is -2.49. The van der Waals surface area contributed by atoms with Crippen LogP contribution in [0.2, 0.25) is 0 Å². The summed E-state index contributed by atoms with van der Waals surface area (Å²) in [4.78, 5) is 19.9. The third kappa shape index (κ3) is 4.99. The Balaban J connectivity index is 1.97. The highest BCUT2D eigenvalue weighted by atomic mass is 16.6. The predicted octanol–water partition coefficient (Wildman–Crippen LogP) is 2.50. The highest BCUT2D eigenvalue weighted by Gasteiger charge is 2.26. The summed E-state index contributed by atoms with van der Waals surface area (Å²) in [5.74, 6) is 0. The standard InChI is InChI=1S/C17H22N4O2/c1-17(2,3)23-16(22)21-10-8-20(9-11-21)15(13-18)12-14-6-4-5-7-19-14/h4-7,12H,8-11H2,1-3H3. The number of piperazine rings is 1. The van der Waals surface area contributed by atoms with Crippen molar-refractivity contribution in [3.8, 4) is 6.07 Å². The molecule has 0 unspecified atom stereocenters. The molecule has 0 radical (unpaired) electrons. The third-order valence-electron chi connectivity index (χ3n) is 3.36. The van der Waals surface area contributed by atoms with Crippen molar-refractivity contribution in [1.29, 1.82) is 5.26 Å². The molecule has 2 heterocycles. The normalized spacial score (nSPS) is 16.0. The number of allylic oxidation sites excluding steroid dienone is 1. The second kappa shape index (κ2) is 7.14. The van der Waals surface area contributed by atoms with Gasteiger partial charge in [-0.2, -0.15) is 5.26 Å². The van der Waals surface area contributed by atoms with Gasteiger partial charge >= 0.3 is 6.09 Å². The van der Waals surface area contributed by atoms with Gasteiger partial charge in [-0.3, -0.25) is 4.98 Å². The van der Waals surface area contributed by atoms with Gasteiger partial charge in [0.05, 0.1) is 5.69 Å². The van der Waals surface area contributed by atoms with Crippen molar-refractivity contribution in [2.24, 2.45) is 0 Å². The summed E-state index contributed by atoms with van der Waals surface area (Å²) in [5, 5.41) is 9.37. The van der Waals surface area contributed by atoms with E-state index in [-0.39, 0.29) is 6.09 Å².